The SMILES string of the molecule is [2H]C1=C([2H])[C@@]2(C([2H])([2H])[2H])C(=C([2H])C1=O)C([2H])([2H])C([2H])([2H])[C@@]1([2H])[C@@]3([2H])C([2H])([2H])[C@@]([2H])(C([2H])([2H])[2H])[C@](OC(=O)c4ccco4)(C(=O)CCl)[C@@]3(C([2H])([2H])[2H])C([2H])([2H])[C@]([2H])(O)[C@]21Cl. The molecule has 3 fully saturated rings. The van der Waals surface area contributed by atoms with Crippen LogP contribution in [0.15, 0.2) is 46.5 Å². The third-order valence-electron chi connectivity index (χ3n) is 6.02. The van der Waals surface area contributed by atoms with Gasteiger partial charge in [0, 0.05) is 44.1 Å². The summed E-state index contributed by atoms with van der Waals surface area (Å²) in [5, 5.41) is 12.7. The van der Waals surface area contributed by atoms with Gasteiger partial charge in [-0.15, -0.1) is 23.2 Å². The van der Waals surface area contributed by atoms with Crippen LogP contribution in [0.2, 0.25) is 0 Å². The predicted molar refractivity (Wildman–Crippen MR) is 130 cm³/mol. The minimum Gasteiger partial charge on any atom is -0.457 e. The second-order valence-corrected chi connectivity index (χ2v) is 8.65. The van der Waals surface area contributed by atoms with Gasteiger partial charge in [0.15, 0.2) is 17.2 Å². The molecule has 1 aromatic rings. The van der Waals surface area contributed by atoms with E-state index >= 15 is 0 Å². The second kappa shape index (κ2) is 8.06. The lowest BCUT2D eigenvalue weighted by Gasteiger charge is -2.64. The number of Topliss-reactive ketones (excluding diaryl/α,β-unsaturated/α-hetero) is 1. The second-order valence-electron chi connectivity index (χ2n) is 7.82. The van der Waals surface area contributed by atoms with Crippen LogP contribution in [-0.4, -0.2) is 45.1 Å². The van der Waals surface area contributed by atoms with E-state index in [0.29, 0.717) is 6.07 Å². The van der Waals surface area contributed by atoms with Crippen molar-refractivity contribution in [1.82, 2.24) is 0 Å². The molecule has 0 unspecified atom stereocenters. The first-order valence-corrected chi connectivity index (χ1v) is 10.6. The monoisotopic (exact) mass is 544 g/mol. The van der Waals surface area contributed by atoms with Crippen LogP contribution in [0.4, 0.5) is 0 Å². The Morgan fingerprint density at radius 2 is 2.26 bits per heavy atom. The van der Waals surface area contributed by atoms with Gasteiger partial charge in [0.2, 0.25) is 5.76 Å². The van der Waals surface area contributed by atoms with Crippen LogP contribution < -0.4 is 0 Å². The van der Waals surface area contributed by atoms with Crippen LogP contribution in [0.25, 0.3) is 0 Å². The van der Waals surface area contributed by atoms with Gasteiger partial charge in [-0.1, -0.05) is 32.2 Å². The van der Waals surface area contributed by atoms with E-state index in [0.717, 1.165) is 12.3 Å². The molecule has 188 valence electrons. The zero-order chi connectivity index (χ0) is 46.4. The molecule has 1 N–H and O–H groups in total. The van der Waals surface area contributed by atoms with Gasteiger partial charge in [0.1, 0.15) is 0 Å². The Bertz CT molecular complexity index is 2130. The molecule has 1 heterocycles. The van der Waals surface area contributed by atoms with Gasteiger partial charge >= 0.3 is 5.97 Å². The molecule has 8 atom stereocenters. The Labute approximate surface area is 248 Å². The lowest BCUT2D eigenvalue weighted by Crippen LogP contribution is -2.69. The molecule has 0 saturated heterocycles. The van der Waals surface area contributed by atoms with E-state index in [2.05, 4.69) is 0 Å². The van der Waals surface area contributed by atoms with Gasteiger partial charge in [-0.3, -0.25) is 9.59 Å². The number of rotatable bonds is 4. The summed E-state index contributed by atoms with van der Waals surface area (Å²) in [5.41, 5.74) is -17.7. The fourth-order valence-corrected chi connectivity index (χ4v) is 4.83. The predicted octanol–water partition coefficient (Wildman–Crippen LogP) is 4.87. The van der Waals surface area contributed by atoms with Gasteiger partial charge in [0.05, 0.1) is 28.6 Å². The third kappa shape index (κ3) is 3.02. The van der Waals surface area contributed by atoms with Crippen LogP contribution in [0.1, 0.15) is 89.5 Å². The highest BCUT2D eigenvalue weighted by atomic mass is 35.5. The highest BCUT2D eigenvalue weighted by Crippen LogP contribution is 2.72. The van der Waals surface area contributed by atoms with Crippen molar-refractivity contribution in [3.63, 3.8) is 0 Å². The summed E-state index contributed by atoms with van der Waals surface area (Å²) in [6, 6.07) is -4.64. The molecule has 0 spiro atoms. The normalized spacial score (nSPS) is 70.3. The lowest BCUT2D eigenvalue weighted by atomic mass is 9.45. The number of alkyl halides is 2. The van der Waals surface area contributed by atoms with E-state index in [1.165, 1.54) is 0 Å². The van der Waals surface area contributed by atoms with E-state index in [9.17, 15) is 33.2 Å². The summed E-state index contributed by atoms with van der Waals surface area (Å²) in [6.45, 7) is -14.6. The Balaban J connectivity index is 2.34. The maximum absolute atomic E-state index is 14.7. The first-order valence-electron chi connectivity index (χ1n) is 21.7. The van der Waals surface area contributed by atoms with Crippen molar-refractivity contribution in [3.05, 3.63) is 47.9 Å². The summed E-state index contributed by atoms with van der Waals surface area (Å²) in [7, 11) is 0. The number of carbonyl (C=O) groups excluding carboxylic acids is 3. The molecular formula is C27H30Cl2O6. The minimum atomic E-state index is -5.56. The zero-order valence-corrected chi connectivity index (χ0v) is 18.7. The van der Waals surface area contributed by atoms with Crippen molar-refractivity contribution in [2.45, 2.75) is 62.6 Å². The molecule has 4 aliphatic rings. The topological polar surface area (TPSA) is 93.8 Å². The molecule has 35 heavy (non-hydrogen) atoms. The fraction of sp³-hybridized carbons (Fsp3) is 0.593. The van der Waals surface area contributed by atoms with E-state index in [1.54, 1.807) is 0 Å². The molecule has 0 bridgehead atoms. The maximum atomic E-state index is 14.7. The highest BCUT2D eigenvalue weighted by Gasteiger charge is 2.76. The van der Waals surface area contributed by atoms with Crippen molar-refractivity contribution in [1.29, 1.82) is 0 Å². The average molecular weight is 546 g/mol. The van der Waals surface area contributed by atoms with Crippen LogP contribution in [0.5, 0.6) is 0 Å². The van der Waals surface area contributed by atoms with E-state index in [4.69, 9.17) is 51.5 Å². The number of ether oxygens (including phenoxy) is 1. The highest BCUT2D eigenvalue weighted by molar-refractivity contribution is 6.29. The molecule has 8 heteroatoms. The number of allylic oxidation sites excluding steroid dienone is 4. The summed E-state index contributed by atoms with van der Waals surface area (Å²) in [4.78, 5) is 36.6. The quantitative estimate of drug-likeness (QED) is 0.429. The number of esters is 1. The van der Waals surface area contributed by atoms with E-state index in [1.807, 2.05) is 0 Å². The van der Waals surface area contributed by atoms with Crippen LogP contribution >= 0.6 is 23.2 Å². The van der Waals surface area contributed by atoms with Gasteiger partial charge in [0.25, 0.3) is 0 Å². The van der Waals surface area contributed by atoms with Gasteiger partial charge < -0.3 is 14.3 Å². The number of carbonyl (C=O) groups is 3. The van der Waals surface area contributed by atoms with Crippen molar-refractivity contribution < 1.29 is 61.5 Å². The molecule has 1 aromatic heterocycles. The largest absolute Gasteiger partial charge is 0.457 e. The Kier molecular flexibility index (Phi) is 2.10. The Morgan fingerprint density at radius 1 is 1.43 bits per heavy atom. The van der Waals surface area contributed by atoms with Crippen molar-refractivity contribution >= 4 is 40.7 Å². The number of halogens is 2. The molecule has 0 aromatic carbocycles. The number of ketones is 2. The van der Waals surface area contributed by atoms with Crippen molar-refractivity contribution in [2.75, 3.05) is 5.88 Å². The van der Waals surface area contributed by atoms with Crippen molar-refractivity contribution in [3.8, 4) is 0 Å². The molecule has 5 rings (SSSR count). The fourth-order valence-electron chi connectivity index (χ4n) is 4.31. The lowest BCUT2D eigenvalue weighted by molar-refractivity contribution is -0.177. The van der Waals surface area contributed by atoms with Gasteiger partial charge in [-0.25, -0.2) is 4.79 Å². The Morgan fingerprint density at radius 3 is 2.91 bits per heavy atom. The Hall–Kier alpha value is -1.89. The van der Waals surface area contributed by atoms with Gasteiger partial charge in [-0.2, -0.15) is 0 Å². The number of fused-ring (bicyclic) bond motifs is 5. The average Bonchev–Trinajstić information content (AvgIpc) is 3.65. The smallest absolute Gasteiger partial charge is 0.375 e. The molecule has 3 saturated carbocycles. The van der Waals surface area contributed by atoms with E-state index < -0.39 is 144 Å². The van der Waals surface area contributed by atoms with Gasteiger partial charge in [-0.05, 0) is 61.5 Å². The van der Waals surface area contributed by atoms with Crippen LogP contribution in [0, 0.1) is 28.5 Å². The molecule has 0 amide bonds. The summed E-state index contributed by atoms with van der Waals surface area (Å²) >= 11 is 12.9. The summed E-state index contributed by atoms with van der Waals surface area (Å²) in [5.74, 6) is -26.2. The molecular weight excluding hydrogens is 491 g/mol. The number of hydrogen-bond acceptors (Lipinski definition) is 6. The standard InChI is InChI=1S/C27H30Cl2O6/c1-15-11-19-18-7-6-16-12-17(30)8-9-24(16,2)26(18,29)21(31)13-25(19,3)27(15,22(32)14-28)35-23(33)20-5-4-10-34-20/h4-5,8-10,12,15,18-19,21,31H,6-7,11,13-14H2,1-3H3/t15-,18+,19-,21+,24+,25+,26+,27+/m1/s1/i1D3,2D3,3D3,6D2,7D2,8D,9D,11D2,12D,13D2,15D,18D,19D,21D. The maximum Gasteiger partial charge on any atom is 0.375 e. The summed E-state index contributed by atoms with van der Waals surface area (Å²) in [6.07, 6.45) is -25.3. The first-order chi connectivity index (χ1) is 26.0. The molecule has 6 nitrogen and oxygen atoms in total. The molecule has 0 aliphatic heterocycles. The first kappa shape index (κ1) is 9.14. The van der Waals surface area contributed by atoms with E-state index in [-0.39, 0.29) is 0 Å². The number of aliphatic hydroxyl groups is 1. The van der Waals surface area contributed by atoms with Crippen LogP contribution in [-0.2, 0) is 14.3 Å². The molecule has 0 radical (unpaired) electrons. The third-order valence-corrected chi connectivity index (χ3v) is 6.91. The molecule has 4 aliphatic carbocycles. The zero-order valence-electron chi connectivity index (χ0n) is 41.2. The van der Waals surface area contributed by atoms with Crippen LogP contribution in [0.3, 0.4) is 0 Å². The van der Waals surface area contributed by atoms with Crippen molar-refractivity contribution in [2.24, 2.45) is 28.5 Å². The number of hydrogen-bond donors (Lipinski definition) is 1. The minimum absolute atomic E-state index is 0.680. The number of furan rings is 1. The summed E-state index contributed by atoms with van der Waals surface area (Å²) < 4.78 is 228.